The maximum atomic E-state index is 12.6. The summed E-state index contributed by atoms with van der Waals surface area (Å²) in [6.07, 6.45) is 20.0. The third-order valence-electron chi connectivity index (χ3n) is 7.68. The molecule has 10 nitrogen and oxygen atoms in total. The van der Waals surface area contributed by atoms with Gasteiger partial charge in [0, 0.05) is 38.9 Å². The summed E-state index contributed by atoms with van der Waals surface area (Å²) in [4.78, 5) is 36.2. The van der Waals surface area contributed by atoms with Crippen LogP contribution in [-0.4, -0.2) is 77.0 Å². The highest BCUT2D eigenvalue weighted by Gasteiger charge is 2.19. The van der Waals surface area contributed by atoms with E-state index < -0.39 is 5.09 Å². The van der Waals surface area contributed by atoms with Crippen molar-refractivity contribution in [3.63, 3.8) is 0 Å². The van der Waals surface area contributed by atoms with E-state index >= 15 is 0 Å². The highest BCUT2D eigenvalue weighted by atomic mass is 16.9. The second-order valence-corrected chi connectivity index (χ2v) is 11.0. The largest absolute Gasteiger partial charge is 0.354 e. The van der Waals surface area contributed by atoms with Gasteiger partial charge in [-0.2, -0.15) is 0 Å². The van der Waals surface area contributed by atoms with E-state index in [1.165, 1.54) is 64.2 Å². The van der Waals surface area contributed by atoms with Crippen LogP contribution >= 0.6 is 0 Å². The van der Waals surface area contributed by atoms with E-state index in [4.69, 9.17) is 0 Å². The predicted molar refractivity (Wildman–Crippen MR) is 158 cm³/mol. The van der Waals surface area contributed by atoms with Gasteiger partial charge < -0.3 is 9.74 Å². The van der Waals surface area contributed by atoms with Crippen LogP contribution in [-0.2, 0) is 4.84 Å². The fourth-order valence-electron chi connectivity index (χ4n) is 5.27. The second-order valence-electron chi connectivity index (χ2n) is 11.0. The molecular weight excluding hydrogens is 510 g/mol. The normalized spacial score (nSPS) is 13.9. The average Bonchev–Trinajstić information content (AvgIpc) is 2.96. The lowest BCUT2D eigenvalue weighted by Gasteiger charge is -2.35. The summed E-state index contributed by atoms with van der Waals surface area (Å²) in [6.45, 7) is 7.89. The van der Waals surface area contributed by atoms with Crippen molar-refractivity contribution in [3.8, 4) is 0 Å². The van der Waals surface area contributed by atoms with E-state index in [2.05, 4.69) is 26.5 Å². The fourth-order valence-corrected chi connectivity index (χ4v) is 5.27. The average molecular weight is 564 g/mol. The first kappa shape index (κ1) is 33.7. The number of carbonyl (C=O) groups is 1. The smallest absolute Gasteiger partial charge is 0.294 e. The van der Waals surface area contributed by atoms with Gasteiger partial charge in [0.15, 0.2) is 0 Å². The Morgan fingerprint density at radius 1 is 0.900 bits per heavy atom. The lowest BCUT2D eigenvalue weighted by Crippen LogP contribution is -2.46. The molecule has 2 rings (SSSR count). The molecule has 0 saturated carbocycles. The molecule has 1 aliphatic heterocycles. The molecule has 1 amide bonds. The summed E-state index contributed by atoms with van der Waals surface area (Å²) in [5, 5.41) is 20.4. The number of unbranched alkanes of at least 4 members (excludes halogenated alkanes) is 14. The third kappa shape index (κ3) is 14.8. The molecule has 0 unspecified atom stereocenters. The number of piperazine rings is 1. The Kier molecular flexibility index (Phi) is 18.0. The topological polar surface area (TPSA) is 112 Å². The van der Waals surface area contributed by atoms with Crippen molar-refractivity contribution in [2.24, 2.45) is 0 Å². The zero-order valence-electron chi connectivity index (χ0n) is 24.8. The highest BCUT2D eigenvalue weighted by Crippen LogP contribution is 2.16. The molecule has 0 aromatic carbocycles. The number of amides is 1. The molecule has 0 radical (unpaired) electrons. The van der Waals surface area contributed by atoms with E-state index in [-0.39, 0.29) is 12.5 Å². The minimum Gasteiger partial charge on any atom is -0.354 e. The third-order valence-corrected chi connectivity index (χ3v) is 7.68. The molecular formula is C30H53N5O5. The summed E-state index contributed by atoms with van der Waals surface area (Å²) in [5.74, 6) is 0.513. The van der Waals surface area contributed by atoms with Gasteiger partial charge in [-0.3, -0.25) is 14.9 Å². The van der Waals surface area contributed by atoms with Crippen LogP contribution in [0.2, 0.25) is 0 Å². The molecule has 228 valence electrons. The first-order valence-electron chi connectivity index (χ1n) is 15.7. The second kappa shape index (κ2) is 21.3. The molecule has 1 N–H and O–H groups in total. The molecule has 1 saturated heterocycles. The van der Waals surface area contributed by atoms with E-state index in [0.717, 1.165) is 82.1 Å². The summed E-state index contributed by atoms with van der Waals surface area (Å²) < 4.78 is 0. The molecule has 0 spiro atoms. The lowest BCUT2D eigenvalue weighted by atomic mass is 10.0. The molecule has 2 heterocycles. The quantitative estimate of drug-likeness (QED) is 0.0694. The molecule has 10 heteroatoms. The summed E-state index contributed by atoms with van der Waals surface area (Å²) in [5.41, 5.74) is 0.427. The maximum absolute atomic E-state index is 12.6. The lowest BCUT2D eigenvalue weighted by molar-refractivity contribution is -0.757. The molecule has 0 atom stereocenters. The van der Waals surface area contributed by atoms with Crippen LogP contribution in [0.5, 0.6) is 0 Å². The molecule has 40 heavy (non-hydrogen) atoms. The van der Waals surface area contributed by atoms with Gasteiger partial charge in [-0.05, 0) is 37.9 Å². The first-order chi connectivity index (χ1) is 19.5. The van der Waals surface area contributed by atoms with Gasteiger partial charge in [-0.25, -0.2) is 10.0 Å². The van der Waals surface area contributed by atoms with E-state index in [1.54, 1.807) is 12.3 Å². The van der Waals surface area contributed by atoms with Crippen molar-refractivity contribution < 1.29 is 19.9 Å². The monoisotopic (exact) mass is 563 g/mol. The number of hydrogen-bond donors (Lipinski definition) is 1. The van der Waals surface area contributed by atoms with Gasteiger partial charge in [0.05, 0.1) is 12.2 Å². The standard InChI is InChI=1S/C30H53N5O5/c1-2-20-32-22-24-33(25-23-32)29-19-18-28(27-31-29)30(36)34(37)21-16-14-12-10-8-6-4-3-5-7-9-11-13-15-17-26-40-35(38)39/h18-19,27,37H,2-17,20-26H2,1H3. The van der Waals surface area contributed by atoms with E-state index in [1.807, 2.05) is 6.07 Å². The SMILES string of the molecule is CCCN1CCN(c2ccc(C(=O)N(O)CCCCCCCCCCCCCCCCCO[N+](=O)[O-])cn2)CC1. The van der Waals surface area contributed by atoms with Crippen LogP contribution in [0.15, 0.2) is 18.3 Å². The molecule has 1 aliphatic rings. The molecule has 1 aromatic heterocycles. The van der Waals surface area contributed by atoms with Gasteiger partial charge in [-0.1, -0.05) is 90.4 Å². The van der Waals surface area contributed by atoms with Crippen LogP contribution < -0.4 is 4.90 Å². The van der Waals surface area contributed by atoms with Crippen molar-refractivity contribution >= 4 is 11.7 Å². The first-order valence-corrected chi connectivity index (χ1v) is 15.7. The van der Waals surface area contributed by atoms with E-state index in [9.17, 15) is 20.1 Å². The van der Waals surface area contributed by atoms with Gasteiger partial charge >= 0.3 is 0 Å². The Labute approximate surface area is 241 Å². The van der Waals surface area contributed by atoms with Gasteiger partial charge in [-0.15, -0.1) is 10.1 Å². The highest BCUT2D eigenvalue weighted by molar-refractivity contribution is 5.93. The minimum atomic E-state index is -0.719. The van der Waals surface area contributed by atoms with Gasteiger partial charge in [0.1, 0.15) is 5.82 Å². The Morgan fingerprint density at radius 3 is 1.90 bits per heavy atom. The number of hydroxylamine groups is 2. The Bertz CT molecular complexity index is 802. The number of aromatic nitrogens is 1. The van der Waals surface area contributed by atoms with Crippen LogP contribution in [0.3, 0.4) is 0 Å². The molecule has 1 fully saturated rings. The minimum absolute atomic E-state index is 0.219. The summed E-state index contributed by atoms with van der Waals surface area (Å²) in [6, 6.07) is 3.66. The predicted octanol–water partition coefficient (Wildman–Crippen LogP) is 6.50. The van der Waals surface area contributed by atoms with E-state index in [0.29, 0.717) is 12.1 Å². The maximum Gasteiger partial charge on any atom is 0.294 e. The van der Waals surface area contributed by atoms with Crippen LogP contribution in [0, 0.1) is 10.1 Å². The summed E-state index contributed by atoms with van der Waals surface area (Å²) >= 11 is 0. The summed E-state index contributed by atoms with van der Waals surface area (Å²) in [7, 11) is 0. The Balaban J connectivity index is 1.40. The molecule has 1 aromatic rings. The van der Waals surface area contributed by atoms with Crippen molar-refractivity contribution in [2.75, 3.05) is 50.8 Å². The van der Waals surface area contributed by atoms with Crippen molar-refractivity contribution in [3.05, 3.63) is 34.0 Å². The number of nitrogens with zero attached hydrogens (tertiary/aromatic N) is 5. The molecule has 0 aliphatic carbocycles. The van der Waals surface area contributed by atoms with Crippen LogP contribution in [0.1, 0.15) is 120 Å². The Morgan fingerprint density at radius 2 is 1.43 bits per heavy atom. The van der Waals surface area contributed by atoms with Gasteiger partial charge in [0.2, 0.25) is 0 Å². The van der Waals surface area contributed by atoms with Gasteiger partial charge in [0.25, 0.3) is 11.0 Å². The van der Waals surface area contributed by atoms with Crippen molar-refractivity contribution in [1.82, 2.24) is 14.9 Å². The number of carbonyl (C=O) groups excluding carboxylic acids is 1. The molecule has 0 bridgehead atoms. The number of hydrogen-bond acceptors (Lipinski definition) is 8. The number of rotatable bonds is 23. The van der Waals surface area contributed by atoms with Crippen LogP contribution in [0.4, 0.5) is 5.82 Å². The fraction of sp³-hybridized carbons (Fsp3) is 0.800. The number of anilines is 1. The van der Waals surface area contributed by atoms with Crippen molar-refractivity contribution in [2.45, 2.75) is 110 Å². The number of pyridine rings is 1. The van der Waals surface area contributed by atoms with Crippen LogP contribution in [0.25, 0.3) is 0 Å². The van der Waals surface area contributed by atoms with Crippen molar-refractivity contribution in [1.29, 1.82) is 0 Å². The Hall–Kier alpha value is -2.46. The zero-order valence-corrected chi connectivity index (χ0v) is 24.8. The zero-order chi connectivity index (χ0) is 28.8.